The summed E-state index contributed by atoms with van der Waals surface area (Å²) < 4.78 is 5.55. The van der Waals surface area contributed by atoms with E-state index in [0.717, 1.165) is 24.4 Å². The molecule has 0 fully saturated rings. The van der Waals surface area contributed by atoms with E-state index in [2.05, 4.69) is 37.9 Å². The lowest BCUT2D eigenvalue weighted by molar-refractivity contribution is 0.352. The molecule has 17 heavy (non-hydrogen) atoms. The Morgan fingerprint density at radius 2 is 1.94 bits per heavy atom. The third-order valence-corrected chi connectivity index (χ3v) is 2.29. The second-order valence-corrected chi connectivity index (χ2v) is 4.91. The molecule has 2 heteroatoms. The summed E-state index contributed by atoms with van der Waals surface area (Å²) in [6.07, 6.45) is 0. The molecule has 1 rings (SSSR count). The first kappa shape index (κ1) is 13.8. The van der Waals surface area contributed by atoms with E-state index < -0.39 is 0 Å². The molecule has 1 aromatic carbocycles. The highest BCUT2D eigenvalue weighted by Crippen LogP contribution is 2.12. The minimum atomic E-state index is 0.588. The van der Waals surface area contributed by atoms with E-state index in [4.69, 9.17) is 4.74 Å². The summed E-state index contributed by atoms with van der Waals surface area (Å²) in [5, 5.41) is 3.42. The monoisotopic (exact) mass is 233 g/mol. The Labute approximate surface area is 105 Å². The number of hydrogen-bond donors (Lipinski definition) is 1. The first-order chi connectivity index (χ1) is 8.08. The van der Waals surface area contributed by atoms with Crippen LogP contribution in [-0.2, 0) is 6.54 Å². The van der Waals surface area contributed by atoms with Crippen LogP contribution < -0.4 is 10.1 Å². The SMILES string of the molecule is C=C(C)COc1ccc(CNCC(C)C)cc1. The van der Waals surface area contributed by atoms with Gasteiger partial charge < -0.3 is 10.1 Å². The van der Waals surface area contributed by atoms with Crippen LogP contribution >= 0.6 is 0 Å². The van der Waals surface area contributed by atoms with Crippen molar-refractivity contribution in [2.45, 2.75) is 27.3 Å². The minimum Gasteiger partial charge on any atom is -0.489 e. The van der Waals surface area contributed by atoms with Crippen molar-refractivity contribution in [1.82, 2.24) is 5.32 Å². The van der Waals surface area contributed by atoms with Gasteiger partial charge in [0, 0.05) is 6.54 Å². The Morgan fingerprint density at radius 1 is 1.29 bits per heavy atom. The Morgan fingerprint density at radius 3 is 2.47 bits per heavy atom. The smallest absolute Gasteiger partial charge is 0.119 e. The van der Waals surface area contributed by atoms with Gasteiger partial charge in [-0.2, -0.15) is 0 Å². The summed E-state index contributed by atoms with van der Waals surface area (Å²) in [5.41, 5.74) is 2.32. The summed E-state index contributed by atoms with van der Waals surface area (Å²) in [4.78, 5) is 0. The zero-order valence-corrected chi connectivity index (χ0v) is 11.1. The van der Waals surface area contributed by atoms with Crippen LogP contribution in [0.1, 0.15) is 26.3 Å². The van der Waals surface area contributed by atoms with Gasteiger partial charge in [-0.05, 0) is 42.7 Å². The molecule has 0 aliphatic carbocycles. The van der Waals surface area contributed by atoms with Crippen LogP contribution in [0.25, 0.3) is 0 Å². The molecule has 0 saturated heterocycles. The molecule has 0 radical (unpaired) electrons. The predicted molar refractivity (Wildman–Crippen MR) is 73.3 cm³/mol. The first-order valence-corrected chi connectivity index (χ1v) is 6.14. The summed E-state index contributed by atoms with van der Waals surface area (Å²) in [7, 11) is 0. The number of hydrogen-bond acceptors (Lipinski definition) is 2. The van der Waals surface area contributed by atoms with Crippen molar-refractivity contribution in [3.8, 4) is 5.75 Å². The summed E-state index contributed by atoms with van der Waals surface area (Å²) >= 11 is 0. The van der Waals surface area contributed by atoms with Gasteiger partial charge in [-0.25, -0.2) is 0 Å². The van der Waals surface area contributed by atoms with Crippen LogP contribution in [0, 0.1) is 5.92 Å². The van der Waals surface area contributed by atoms with Crippen molar-refractivity contribution in [3.63, 3.8) is 0 Å². The summed E-state index contributed by atoms with van der Waals surface area (Å²) in [5.74, 6) is 1.59. The van der Waals surface area contributed by atoms with Gasteiger partial charge in [0.05, 0.1) is 0 Å². The normalized spacial score (nSPS) is 10.6. The molecule has 1 aromatic rings. The van der Waals surface area contributed by atoms with E-state index in [-0.39, 0.29) is 0 Å². The number of rotatable bonds is 7. The van der Waals surface area contributed by atoms with Crippen LogP contribution in [0.3, 0.4) is 0 Å². The van der Waals surface area contributed by atoms with Gasteiger partial charge in [-0.1, -0.05) is 32.6 Å². The molecule has 0 spiro atoms. The number of benzene rings is 1. The van der Waals surface area contributed by atoms with E-state index in [9.17, 15) is 0 Å². The second-order valence-electron chi connectivity index (χ2n) is 4.91. The lowest BCUT2D eigenvalue weighted by atomic mass is 10.2. The zero-order valence-electron chi connectivity index (χ0n) is 11.1. The van der Waals surface area contributed by atoms with Crippen molar-refractivity contribution in [2.24, 2.45) is 5.92 Å². The van der Waals surface area contributed by atoms with Crippen LogP contribution in [0.15, 0.2) is 36.4 Å². The fourth-order valence-electron chi connectivity index (χ4n) is 1.42. The van der Waals surface area contributed by atoms with Crippen molar-refractivity contribution in [3.05, 3.63) is 42.0 Å². The number of ether oxygens (including phenoxy) is 1. The minimum absolute atomic E-state index is 0.588. The standard InChI is InChI=1S/C15H23NO/c1-12(2)9-16-10-14-5-7-15(8-6-14)17-11-13(3)4/h5-8,12,16H,3,9-11H2,1-2,4H3. The molecule has 0 saturated carbocycles. The van der Waals surface area contributed by atoms with Crippen molar-refractivity contribution < 1.29 is 4.74 Å². The van der Waals surface area contributed by atoms with Gasteiger partial charge in [-0.15, -0.1) is 0 Å². The molecule has 0 aliphatic heterocycles. The van der Waals surface area contributed by atoms with Crippen LogP contribution in [0.5, 0.6) is 5.75 Å². The van der Waals surface area contributed by atoms with E-state index in [1.165, 1.54) is 5.56 Å². The second kappa shape index (κ2) is 7.13. The first-order valence-electron chi connectivity index (χ1n) is 6.14. The lowest BCUT2D eigenvalue weighted by Gasteiger charge is -2.09. The van der Waals surface area contributed by atoms with Gasteiger partial charge in [0.25, 0.3) is 0 Å². The molecule has 0 aliphatic rings. The highest BCUT2D eigenvalue weighted by molar-refractivity contribution is 5.27. The summed E-state index contributed by atoms with van der Waals surface area (Å²) in [6.45, 7) is 12.7. The molecule has 2 nitrogen and oxygen atoms in total. The van der Waals surface area contributed by atoms with Gasteiger partial charge in [0.2, 0.25) is 0 Å². The maximum Gasteiger partial charge on any atom is 0.119 e. The molecule has 0 amide bonds. The third-order valence-electron chi connectivity index (χ3n) is 2.29. The highest BCUT2D eigenvalue weighted by atomic mass is 16.5. The van der Waals surface area contributed by atoms with E-state index in [1.807, 2.05) is 19.1 Å². The van der Waals surface area contributed by atoms with Gasteiger partial charge in [-0.3, -0.25) is 0 Å². The van der Waals surface area contributed by atoms with Gasteiger partial charge in [0.1, 0.15) is 12.4 Å². The van der Waals surface area contributed by atoms with Crippen molar-refractivity contribution in [1.29, 1.82) is 0 Å². The maximum atomic E-state index is 5.55. The Bertz CT molecular complexity index is 340. The highest BCUT2D eigenvalue weighted by Gasteiger charge is 1.97. The average Bonchev–Trinajstić information content (AvgIpc) is 2.27. The Balaban J connectivity index is 2.36. The molecule has 94 valence electrons. The van der Waals surface area contributed by atoms with E-state index in [1.54, 1.807) is 0 Å². The van der Waals surface area contributed by atoms with Crippen molar-refractivity contribution in [2.75, 3.05) is 13.2 Å². The molecule has 1 N–H and O–H groups in total. The Kier molecular flexibility index (Phi) is 5.78. The van der Waals surface area contributed by atoms with Gasteiger partial charge >= 0.3 is 0 Å². The summed E-state index contributed by atoms with van der Waals surface area (Å²) in [6, 6.07) is 8.22. The molecular formula is C15H23NO. The van der Waals surface area contributed by atoms with E-state index in [0.29, 0.717) is 12.5 Å². The Hall–Kier alpha value is -1.28. The lowest BCUT2D eigenvalue weighted by Crippen LogP contribution is -2.18. The molecular weight excluding hydrogens is 210 g/mol. The molecule has 0 atom stereocenters. The average molecular weight is 233 g/mol. The fourth-order valence-corrected chi connectivity index (χ4v) is 1.42. The molecule has 0 aromatic heterocycles. The van der Waals surface area contributed by atoms with Crippen LogP contribution in [0.2, 0.25) is 0 Å². The third kappa shape index (κ3) is 6.12. The predicted octanol–water partition coefficient (Wildman–Crippen LogP) is 3.39. The quantitative estimate of drug-likeness (QED) is 0.729. The largest absolute Gasteiger partial charge is 0.489 e. The fraction of sp³-hybridized carbons (Fsp3) is 0.467. The van der Waals surface area contributed by atoms with Gasteiger partial charge in [0.15, 0.2) is 0 Å². The maximum absolute atomic E-state index is 5.55. The topological polar surface area (TPSA) is 21.3 Å². The van der Waals surface area contributed by atoms with Crippen LogP contribution in [-0.4, -0.2) is 13.2 Å². The number of nitrogens with one attached hydrogen (secondary N) is 1. The van der Waals surface area contributed by atoms with E-state index >= 15 is 0 Å². The molecule has 0 heterocycles. The molecule has 0 unspecified atom stereocenters. The van der Waals surface area contributed by atoms with Crippen LogP contribution in [0.4, 0.5) is 0 Å². The van der Waals surface area contributed by atoms with Crippen molar-refractivity contribution >= 4 is 0 Å². The zero-order chi connectivity index (χ0) is 12.7. The molecule has 0 bridgehead atoms.